The zero-order valence-electron chi connectivity index (χ0n) is 19.3. The van der Waals surface area contributed by atoms with Crippen LogP contribution in [-0.4, -0.2) is 38.6 Å². The Hall–Kier alpha value is -3.04. The number of primary amides is 1. The molecule has 9 heteroatoms. The summed E-state index contributed by atoms with van der Waals surface area (Å²) in [5.41, 5.74) is 10.1. The van der Waals surface area contributed by atoms with Crippen LogP contribution in [0.4, 0.5) is 10.1 Å². The second kappa shape index (κ2) is 10.3. The van der Waals surface area contributed by atoms with E-state index in [9.17, 15) is 9.18 Å². The zero-order valence-corrected chi connectivity index (χ0v) is 21.0. The van der Waals surface area contributed by atoms with Crippen molar-refractivity contribution in [1.29, 1.82) is 0 Å². The van der Waals surface area contributed by atoms with Gasteiger partial charge in [-0.3, -0.25) is 4.79 Å². The zero-order chi connectivity index (χ0) is 24.4. The summed E-state index contributed by atoms with van der Waals surface area (Å²) in [4.78, 5) is 17.1. The average molecular weight is 508 g/mol. The molecule has 2 aromatic carbocycles. The molecule has 180 valence electrons. The summed E-state index contributed by atoms with van der Waals surface area (Å²) < 4.78 is 15.6. The third-order valence-electron chi connectivity index (χ3n) is 6.17. The molecule has 0 radical (unpaired) electrons. The summed E-state index contributed by atoms with van der Waals surface area (Å²) in [7, 11) is 0. The van der Waals surface area contributed by atoms with Gasteiger partial charge in [0.15, 0.2) is 5.65 Å². The van der Waals surface area contributed by atoms with E-state index in [0.29, 0.717) is 11.5 Å². The summed E-state index contributed by atoms with van der Waals surface area (Å²) >= 11 is 3.42. The molecule has 1 fully saturated rings. The molecule has 0 saturated carbocycles. The number of carbonyl (C=O) groups is 1. The molecule has 0 spiro atoms. The molecule has 35 heavy (non-hydrogen) atoms. The van der Waals surface area contributed by atoms with Gasteiger partial charge in [0.25, 0.3) is 0 Å². The maximum absolute atomic E-state index is 13.8. The average Bonchev–Trinajstić information content (AvgIpc) is 3.27. The number of hydrogen-bond acceptors (Lipinski definition) is 6. The number of thioether (sulfide) groups is 1. The predicted molar refractivity (Wildman–Crippen MR) is 141 cm³/mol. The van der Waals surface area contributed by atoms with E-state index in [1.54, 1.807) is 18.3 Å². The van der Waals surface area contributed by atoms with Gasteiger partial charge >= 0.3 is 0 Å². The molecule has 5 rings (SSSR count). The van der Waals surface area contributed by atoms with Crippen LogP contribution in [-0.2, 0) is 0 Å². The quantitative estimate of drug-likeness (QED) is 0.336. The van der Waals surface area contributed by atoms with E-state index >= 15 is 0 Å². The van der Waals surface area contributed by atoms with E-state index in [1.165, 1.54) is 48.2 Å². The number of halogens is 1. The number of nitrogens with two attached hydrogens (primary N) is 1. The summed E-state index contributed by atoms with van der Waals surface area (Å²) in [6.07, 6.45) is 4.20. The highest BCUT2D eigenvalue weighted by molar-refractivity contribution is 7.99. The lowest BCUT2D eigenvalue weighted by Crippen LogP contribution is -2.19. The number of fused-ring (bicyclic) bond motifs is 1. The molecule has 6 nitrogen and oxygen atoms in total. The van der Waals surface area contributed by atoms with Gasteiger partial charge in [0.05, 0.1) is 17.6 Å². The maximum Gasteiger partial charge on any atom is 0.248 e. The van der Waals surface area contributed by atoms with Gasteiger partial charge in [0.2, 0.25) is 5.91 Å². The lowest BCUT2D eigenvalue weighted by atomic mass is 10.0. The Kier molecular flexibility index (Phi) is 6.97. The van der Waals surface area contributed by atoms with E-state index in [0.717, 1.165) is 44.6 Å². The predicted octanol–water partition coefficient (Wildman–Crippen LogP) is 5.65. The van der Waals surface area contributed by atoms with Crippen LogP contribution in [0.15, 0.2) is 64.6 Å². The van der Waals surface area contributed by atoms with E-state index in [1.807, 2.05) is 47.5 Å². The van der Waals surface area contributed by atoms with Gasteiger partial charge < -0.3 is 11.1 Å². The molecule has 1 aliphatic rings. The molecule has 2 aromatic heterocycles. The molecule has 0 aliphatic carbocycles. The number of nitrogens with one attached hydrogen (secondary N) is 1. The fourth-order valence-corrected chi connectivity index (χ4v) is 6.34. The van der Waals surface area contributed by atoms with Gasteiger partial charge in [-0.05, 0) is 79.2 Å². The van der Waals surface area contributed by atoms with Gasteiger partial charge in [-0.1, -0.05) is 23.9 Å². The number of anilines is 1. The van der Waals surface area contributed by atoms with Gasteiger partial charge in [0.1, 0.15) is 10.8 Å². The fraction of sp³-hybridized carbons (Fsp3) is 0.269. The fourth-order valence-electron chi connectivity index (χ4n) is 4.28. The van der Waals surface area contributed by atoms with Crippen LogP contribution in [0.1, 0.15) is 28.8 Å². The molecular weight excluding hydrogens is 481 g/mol. The number of imidazole rings is 1. The molecule has 1 amide bonds. The molecule has 0 atom stereocenters. The van der Waals surface area contributed by atoms with Crippen molar-refractivity contribution in [3.05, 3.63) is 71.7 Å². The van der Waals surface area contributed by atoms with Crippen LogP contribution >= 0.6 is 23.5 Å². The highest BCUT2D eigenvalue weighted by Crippen LogP contribution is 2.33. The Morgan fingerprint density at radius 1 is 1.23 bits per heavy atom. The first kappa shape index (κ1) is 23.7. The number of aryl methyl sites for hydroxylation is 1. The summed E-state index contributed by atoms with van der Waals surface area (Å²) in [6.45, 7) is 2.74. The van der Waals surface area contributed by atoms with Crippen molar-refractivity contribution < 1.29 is 9.18 Å². The molecule has 1 aliphatic heterocycles. The normalized spacial score (nSPS) is 14.3. The SMILES string of the molecule is Cc1cc(-c2cnc3c(NCC4CCSCC4)cc(Sc4cccc(F)c4)nn23)ccc1C(N)=O. The minimum Gasteiger partial charge on any atom is -0.382 e. The van der Waals surface area contributed by atoms with Gasteiger partial charge in [-0.15, -0.1) is 0 Å². The van der Waals surface area contributed by atoms with Gasteiger partial charge in [-0.2, -0.15) is 16.9 Å². The highest BCUT2D eigenvalue weighted by atomic mass is 32.2. The number of benzene rings is 2. The van der Waals surface area contributed by atoms with Crippen molar-refractivity contribution >= 4 is 40.8 Å². The Bertz CT molecular complexity index is 1380. The Morgan fingerprint density at radius 2 is 2.06 bits per heavy atom. The monoisotopic (exact) mass is 507 g/mol. The molecule has 4 aromatic rings. The number of aromatic nitrogens is 3. The van der Waals surface area contributed by atoms with Crippen molar-refractivity contribution in [2.75, 3.05) is 23.4 Å². The molecule has 0 bridgehead atoms. The molecule has 0 unspecified atom stereocenters. The standard InChI is InChI=1S/C26H26FN5OS2/c1-16-11-18(5-6-21(16)25(28)33)23-15-30-26-22(29-14-17-7-9-34-10-8-17)13-24(31-32(23)26)35-20-4-2-3-19(27)12-20/h2-6,11-13,15,17,29H,7-10,14H2,1H3,(H2,28,33). The van der Waals surface area contributed by atoms with Crippen molar-refractivity contribution in [3.8, 4) is 11.3 Å². The Balaban J connectivity index is 1.54. The van der Waals surface area contributed by atoms with Crippen molar-refractivity contribution in [2.45, 2.75) is 29.7 Å². The smallest absolute Gasteiger partial charge is 0.248 e. The first-order valence-corrected chi connectivity index (χ1v) is 13.5. The first-order valence-electron chi connectivity index (χ1n) is 11.5. The number of carbonyl (C=O) groups excluding carboxylic acids is 1. The Morgan fingerprint density at radius 3 is 2.80 bits per heavy atom. The highest BCUT2D eigenvalue weighted by Gasteiger charge is 2.18. The van der Waals surface area contributed by atoms with Crippen LogP contribution in [0, 0.1) is 18.7 Å². The van der Waals surface area contributed by atoms with E-state index in [4.69, 9.17) is 10.8 Å². The molecule has 3 N–H and O–H groups in total. The largest absolute Gasteiger partial charge is 0.382 e. The lowest BCUT2D eigenvalue weighted by molar-refractivity contribution is 0.0999. The minimum atomic E-state index is -0.452. The summed E-state index contributed by atoms with van der Waals surface area (Å²) in [5.74, 6) is 2.30. The number of hydrogen-bond donors (Lipinski definition) is 2. The van der Waals surface area contributed by atoms with Crippen LogP contribution in [0.25, 0.3) is 16.9 Å². The number of amides is 1. The van der Waals surface area contributed by atoms with E-state index in [2.05, 4.69) is 10.3 Å². The molecule has 3 heterocycles. The van der Waals surface area contributed by atoms with Crippen LogP contribution in [0.5, 0.6) is 0 Å². The van der Waals surface area contributed by atoms with Gasteiger partial charge in [-0.25, -0.2) is 13.9 Å². The minimum absolute atomic E-state index is 0.280. The third kappa shape index (κ3) is 5.31. The van der Waals surface area contributed by atoms with Crippen LogP contribution in [0.2, 0.25) is 0 Å². The number of nitrogens with zero attached hydrogens (tertiary/aromatic N) is 3. The Labute approximate surface area is 211 Å². The maximum atomic E-state index is 13.8. The number of rotatable bonds is 7. The summed E-state index contributed by atoms with van der Waals surface area (Å²) in [5, 5.41) is 9.18. The van der Waals surface area contributed by atoms with Crippen molar-refractivity contribution in [1.82, 2.24) is 14.6 Å². The second-order valence-corrected chi connectivity index (χ2v) is 11.0. The third-order valence-corrected chi connectivity index (χ3v) is 8.12. The topological polar surface area (TPSA) is 85.3 Å². The second-order valence-electron chi connectivity index (χ2n) is 8.67. The van der Waals surface area contributed by atoms with Gasteiger partial charge in [0, 0.05) is 22.6 Å². The lowest BCUT2D eigenvalue weighted by Gasteiger charge is -2.22. The summed E-state index contributed by atoms with van der Waals surface area (Å²) in [6, 6.07) is 14.0. The van der Waals surface area contributed by atoms with E-state index < -0.39 is 5.91 Å². The molecule has 1 saturated heterocycles. The van der Waals surface area contributed by atoms with Crippen molar-refractivity contribution in [3.63, 3.8) is 0 Å². The van der Waals surface area contributed by atoms with Crippen LogP contribution < -0.4 is 11.1 Å². The molecular formula is C26H26FN5OS2. The van der Waals surface area contributed by atoms with Crippen molar-refractivity contribution in [2.24, 2.45) is 11.7 Å². The van der Waals surface area contributed by atoms with Crippen LogP contribution in [0.3, 0.4) is 0 Å². The first-order chi connectivity index (χ1) is 17.0. The van der Waals surface area contributed by atoms with E-state index in [-0.39, 0.29) is 5.82 Å².